The average molecular weight is 232 g/mol. The lowest BCUT2D eigenvalue weighted by atomic mass is 10.3. The van der Waals surface area contributed by atoms with Crippen LogP contribution < -0.4 is 0 Å². The molecule has 0 aromatic heterocycles. The van der Waals surface area contributed by atoms with Gasteiger partial charge in [-0.15, -0.1) is 0 Å². The number of hydrogen-bond donors (Lipinski definition) is 0. The summed E-state index contributed by atoms with van der Waals surface area (Å²) in [6.07, 6.45) is 0.715. The minimum absolute atomic E-state index is 0.0400. The first kappa shape index (κ1) is 14.5. The molecule has 0 bridgehead atoms. The van der Waals surface area contributed by atoms with Crippen LogP contribution >= 0.6 is 11.8 Å². The first-order valence-electron chi connectivity index (χ1n) is 5.31. The number of thioether (sulfide) groups is 1. The molecule has 15 heavy (non-hydrogen) atoms. The second-order valence-electron chi connectivity index (χ2n) is 3.84. The maximum Gasteiger partial charge on any atom is 0.313 e. The zero-order chi connectivity index (χ0) is 11.7. The van der Waals surface area contributed by atoms with Gasteiger partial charge in [-0.25, -0.2) is 0 Å². The second-order valence-corrected chi connectivity index (χ2v) is 4.88. The van der Waals surface area contributed by atoms with Crippen molar-refractivity contribution in [3.8, 4) is 0 Å². The van der Waals surface area contributed by atoms with E-state index in [2.05, 4.69) is 13.8 Å². The van der Waals surface area contributed by atoms with Crippen LogP contribution in [0.25, 0.3) is 0 Å². The highest BCUT2D eigenvalue weighted by atomic mass is 32.2. The molecule has 0 fully saturated rings. The quantitative estimate of drug-likeness (QED) is 0.476. The molecule has 0 spiro atoms. The molecule has 4 heteroatoms. The van der Waals surface area contributed by atoms with Crippen LogP contribution in [-0.2, 0) is 14.3 Å². The Bertz CT molecular complexity index is 202. The van der Waals surface area contributed by atoms with E-state index in [1.807, 2.05) is 6.92 Å². The van der Waals surface area contributed by atoms with Gasteiger partial charge in [0.1, 0.15) is 6.42 Å². The molecular weight excluding hydrogens is 212 g/mol. The zero-order valence-electron chi connectivity index (χ0n) is 9.75. The lowest BCUT2D eigenvalue weighted by Crippen LogP contribution is -2.13. The van der Waals surface area contributed by atoms with Crippen molar-refractivity contribution in [2.24, 2.45) is 5.92 Å². The highest BCUT2D eigenvalue weighted by Gasteiger charge is 2.10. The predicted octanol–water partition coefficient (Wildman–Crippen LogP) is 2.29. The molecule has 0 saturated carbocycles. The van der Waals surface area contributed by atoms with Crippen molar-refractivity contribution in [1.29, 1.82) is 0 Å². The predicted molar refractivity (Wildman–Crippen MR) is 63.0 cm³/mol. The van der Waals surface area contributed by atoms with E-state index in [-0.39, 0.29) is 12.2 Å². The molecule has 0 unspecified atom stereocenters. The van der Waals surface area contributed by atoms with Gasteiger partial charge in [-0.3, -0.25) is 9.59 Å². The van der Waals surface area contributed by atoms with Gasteiger partial charge in [0, 0.05) is 0 Å². The van der Waals surface area contributed by atoms with E-state index in [0.29, 0.717) is 18.3 Å². The number of Topliss-reactive ketones (excluding diaryl/α,β-unsaturated/α-hetero) is 1. The molecule has 0 aromatic rings. The van der Waals surface area contributed by atoms with Crippen molar-refractivity contribution in [2.45, 2.75) is 33.6 Å². The van der Waals surface area contributed by atoms with E-state index in [0.717, 1.165) is 12.2 Å². The molecule has 0 saturated heterocycles. The van der Waals surface area contributed by atoms with Crippen LogP contribution in [0.2, 0.25) is 0 Å². The second kappa shape index (κ2) is 8.77. The van der Waals surface area contributed by atoms with Crippen LogP contribution in [0.15, 0.2) is 0 Å². The molecule has 0 radical (unpaired) electrons. The summed E-state index contributed by atoms with van der Waals surface area (Å²) < 4.78 is 4.82. The van der Waals surface area contributed by atoms with Crippen molar-refractivity contribution in [1.82, 2.24) is 0 Å². The Morgan fingerprint density at radius 1 is 1.33 bits per heavy atom. The van der Waals surface area contributed by atoms with Gasteiger partial charge in [0.25, 0.3) is 0 Å². The third-order valence-corrected chi connectivity index (χ3v) is 2.95. The standard InChI is InChI=1S/C11H20O3S/c1-4-5-14-11(13)6-10(12)8-15-7-9(2)3/h9H,4-8H2,1-3H3. The van der Waals surface area contributed by atoms with Gasteiger partial charge in [-0.2, -0.15) is 11.8 Å². The molecule has 3 nitrogen and oxygen atoms in total. The molecule has 0 atom stereocenters. The molecule has 0 aromatic carbocycles. The Morgan fingerprint density at radius 2 is 2.00 bits per heavy atom. The average Bonchev–Trinajstić information content (AvgIpc) is 2.14. The van der Waals surface area contributed by atoms with Crippen LogP contribution in [0.3, 0.4) is 0 Å². The van der Waals surface area contributed by atoms with Gasteiger partial charge in [0.15, 0.2) is 5.78 Å². The summed E-state index contributed by atoms with van der Waals surface area (Å²) in [5.41, 5.74) is 0. The molecule has 0 aliphatic heterocycles. The Morgan fingerprint density at radius 3 is 2.53 bits per heavy atom. The summed E-state index contributed by atoms with van der Waals surface area (Å²) in [5, 5.41) is 0. The Hall–Kier alpha value is -0.510. The molecule has 88 valence electrons. The van der Waals surface area contributed by atoms with E-state index >= 15 is 0 Å². The van der Waals surface area contributed by atoms with Gasteiger partial charge in [0.2, 0.25) is 0 Å². The van der Waals surface area contributed by atoms with Gasteiger partial charge in [-0.05, 0) is 18.1 Å². The van der Waals surface area contributed by atoms with Gasteiger partial charge < -0.3 is 4.74 Å². The molecular formula is C11H20O3S. The lowest BCUT2D eigenvalue weighted by molar-refractivity contribution is -0.145. The number of carbonyl (C=O) groups is 2. The molecule has 0 aliphatic rings. The molecule has 0 aliphatic carbocycles. The molecule has 0 rings (SSSR count). The molecule has 0 N–H and O–H groups in total. The Labute approximate surface area is 95.9 Å². The summed E-state index contributed by atoms with van der Waals surface area (Å²) in [6, 6.07) is 0. The van der Waals surface area contributed by atoms with Crippen molar-refractivity contribution >= 4 is 23.5 Å². The summed E-state index contributed by atoms with van der Waals surface area (Å²) in [4.78, 5) is 22.3. The summed E-state index contributed by atoms with van der Waals surface area (Å²) in [6.45, 7) is 6.54. The third kappa shape index (κ3) is 9.79. The monoisotopic (exact) mass is 232 g/mol. The highest BCUT2D eigenvalue weighted by molar-refractivity contribution is 7.99. The smallest absolute Gasteiger partial charge is 0.313 e. The number of ether oxygens (including phenoxy) is 1. The summed E-state index contributed by atoms with van der Waals surface area (Å²) in [7, 11) is 0. The Balaban J connectivity index is 3.51. The summed E-state index contributed by atoms with van der Waals surface area (Å²) in [5.74, 6) is 1.51. The zero-order valence-corrected chi connectivity index (χ0v) is 10.6. The van der Waals surface area contributed by atoms with Crippen LogP contribution in [0.4, 0.5) is 0 Å². The first-order chi connectivity index (χ1) is 7.06. The van der Waals surface area contributed by atoms with Crippen molar-refractivity contribution in [3.05, 3.63) is 0 Å². The van der Waals surface area contributed by atoms with E-state index in [9.17, 15) is 9.59 Å². The van der Waals surface area contributed by atoms with E-state index < -0.39 is 5.97 Å². The maximum atomic E-state index is 11.3. The first-order valence-corrected chi connectivity index (χ1v) is 6.46. The topological polar surface area (TPSA) is 43.4 Å². The minimum Gasteiger partial charge on any atom is -0.465 e. The fourth-order valence-electron chi connectivity index (χ4n) is 0.887. The number of carbonyl (C=O) groups excluding carboxylic acids is 2. The van der Waals surface area contributed by atoms with Crippen molar-refractivity contribution in [3.63, 3.8) is 0 Å². The lowest BCUT2D eigenvalue weighted by Gasteiger charge is -2.04. The number of esters is 1. The van der Waals surface area contributed by atoms with Crippen LogP contribution in [0.1, 0.15) is 33.6 Å². The van der Waals surface area contributed by atoms with Gasteiger partial charge >= 0.3 is 5.97 Å². The minimum atomic E-state index is -0.396. The van der Waals surface area contributed by atoms with Crippen molar-refractivity contribution < 1.29 is 14.3 Å². The number of hydrogen-bond acceptors (Lipinski definition) is 4. The third-order valence-electron chi connectivity index (χ3n) is 1.52. The fraction of sp³-hybridized carbons (Fsp3) is 0.818. The van der Waals surface area contributed by atoms with Gasteiger partial charge in [0.05, 0.1) is 12.4 Å². The normalized spacial score (nSPS) is 10.4. The summed E-state index contributed by atoms with van der Waals surface area (Å²) >= 11 is 1.58. The van der Waals surface area contributed by atoms with Crippen LogP contribution in [-0.4, -0.2) is 29.9 Å². The molecule has 0 amide bonds. The van der Waals surface area contributed by atoms with Crippen LogP contribution in [0.5, 0.6) is 0 Å². The van der Waals surface area contributed by atoms with E-state index in [4.69, 9.17) is 4.74 Å². The highest BCUT2D eigenvalue weighted by Crippen LogP contribution is 2.08. The Kier molecular flexibility index (Phi) is 8.47. The van der Waals surface area contributed by atoms with E-state index in [1.165, 1.54) is 0 Å². The maximum absolute atomic E-state index is 11.3. The SMILES string of the molecule is CCCOC(=O)CC(=O)CSCC(C)C. The largest absolute Gasteiger partial charge is 0.465 e. The number of ketones is 1. The van der Waals surface area contributed by atoms with E-state index in [1.54, 1.807) is 11.8 Å². The van der Waals surface area contributed by atoms with Crippen molar-refractivity contribution in [2.75, 3.05) is 18.1 Å². The molecule has 0 heterocycles. The van der Waals surface area contributed by atoms with Gasteiger partial charge in [-0.1, -0.05) is 20.8 Å². The number of rotatable bonds is 8. The van der Waals surface area contributed by atoms with Crippen LogP contribution in [0, 0.1) is 5.92 Å². The fourth-order valence-corrected chi connectivity index (χ4v) is 1.81.